The van der Waals surface area contributed by atoms with Gasteiger partial charge in [0.05, 0.1) is 11.0 Å². The molecule has 5 heteroatoms. The lowest BCUT2D eigenvalue weighted by atomic mass is 10.2. The van der Waals surface area contributed by atoms with E-state index >= 15 is 0 Å². The van der Waals surface area contributed by atoms with Crippen molar-refractivity contribution < 1.29 is 8.42 Å². The van der Waals surface area contributed by atoms with Crippen molar-refractivity contribution in [2.45, 2.75) is 11.8 Å². The average Bonchev–Trinajstić information content (AvgIpc) is 2.09. The fourth-order valence-electron chi connectivity index (χ4n) is 1.01. The number of hydrogen-bond acceptors (Lipinski definition) is 4. The molecule has 0 aromatic heterocycles. The van der Waals surface area contributed by atoms with E-state index in [1.54, 1.807) is 13.0 Å². The van der Waals surface area contributed by atoms with Crippen molar-refractivity contribution in [3.8, 4) is 6.07 Å². The Morgan fingerprint density at radius 2 is 2.14 bits per heavy atom. The Hall–Kier alpha value is -1.54. The Balaban J connectivity index is 3.23. The third-order valence-electron chi connectivity index (χ3n) is 1.85. The van der Waals surface area contributed by atoms with Gasteiger partial charge in [0, 0.05) is 5.69 Å². The zero-order valence-corrected chi connectivity index (χ0v) is 8.50. The maximum absolute atomic E-state index is 11.4. The van der Waals surface area contributed by atoms with Gasteiger partial charge in [0.2, 0.25) is 0 Å². The summed E-state index contributed by atoms with van der Waals surface area (Å²) in [5, 5.41) is 8.33. The van der Waals surface area contributed by atoms with Gasteiger partial charge in [-0.05, 0) is 30.7 Å². The van der Waals surface area contributed by atoms with Crippen LogP contribution in [0.3, 0.4) is 0 Å². The van der Waals surface area contributed by atoms with Gasteiger partial charge in [0.25, 0.3) is 0 Å². The molecule has 1 aromatic rings. The average molecular weight is 210 g/mol. The minimum absolute atomic E-state index is 0.144. The van der Waals surface area contributed by atoms with Crippen LogP contribution in [0, 0.1) is 18.3 Å². The van der Waals surface area contributed by atoms with E-state index in [1.165, 1.54) is 18.2 Å². The van der Waals surface area contributed by atoms with Gasteiger partial charge in [-0.2, -0.15) is 5.26 Å². The van der Waals surface area contributed by atoms with Crippen LogP contribution in [0.2, 0.25) is 0 Å². The molecule has 4 nitrogen and oxygen atoms in total. The largest absolute Gasteiger partial charge is 0.399 e. The predicted octanol–water partition coefficient (Wildman–Crippen LogP) is 0.875. The standard InChI is InChI=1S/C9H10N2O2S/c1-7-6-8(2-3-9(7)11)14(12,13)5-4-10/h2-3,6H,5,11H2,1H3. The first-order valence-electron chi connectivity index (χ1n) is 3.93. The number of nitrogens with two attached hydrogens (primary N) is 1. The second-order valence-electron chi connectivity index (χ2n) is 2.94. The zero-order valence-electron chi connectivity index (χ0n) is 7.69. The van der Waals surface area contributed by atoms with E-state index in [0.717, 1.165) is 0 Å². The molecule has 0 unspecified atom stereocenters. The Kier molecular flexibility index (Phi) is 2.77. The number of sulfone groups is 1. The Morgan fingerprint density at radius 3 is 2.64 bits per heavy atom. The molecule has 0 spiro atoms. The van der Waals surface area contributed by atoms with Gasteiger partial charge in [-0.15, -0.1) is 0 Å². The molecular formula is C9H10N2O2S. The zero-order chi connectivity index (χ0) is 10.8. The van der Waals surface area contributed by atoms with Crippen molar-refractivity contribution in [1.82, 2.24) is 0 Å². The normalized spacial score (nSPS) is 10.9. The molecule has 0 saturated heterocycles. The molecular weight excluding hydrogens is 200 g/mol. The molecule has 14 heavy (non-hydrogen) atoms. The Labute approximate surface area is 82.9 Å². The molecule has 74 valence electrons. The highest BCUT2D eigenvalue weighted by Gasteiger charge is 2.13. The monoisotopic (exact) mass is 210 g/mol. The molecule has 1 aromatic carbocycles. The van der Waals surface area contributed by atoms with Gasteiger partial charge >= 0.3 is 0 Å². The highest BCUT2D eigenvalue weighted by Crippen LogP contribution is 2.17. The number of aryl methyl sites for hydroxylation is 1. The first-order valence-corrected chi connectivity index (χ1v) is 5.58. The SMILES string of the molecule is Cc1cc(S(=O)(=O)CC#N)ccc1N. The van der Waals surface area contributed by atoms with E-state index in [0.29, 0.717) is 11.3 Å². The molecule has 0 saturated carbocycles. The fraction of sp³-hybridized carbons (Fsp3) is 0.222. The molecule has 0 aliphatic rings. The van der Waals surface area contributed by atoms with Crippen LogP contribution in [0.1, 0.15) is 5.56 Å². The lowest BCUT2D eigenvalue weighted by Gasteiger charge is -2.03. The summed E-state index contributed by atoms with van der Waals surface area (Å²) < 4.78 is 22.9. The summed E-state index contributed by atoms with van der Waals surface area (Å²) in [7, 11) is -3.47. The Morgan fingerprint density at radius 1 is 1.50 bits per heavy atom. The highest BCUT2D eigenvalue weighted by atomic mass is 32.2. The summed E-state index contributed by atoms with van der Waals surface area (Å²) >= 11 is 0. The van der Waals surface area contributed by atoms with Gasteiger partial charge in [0.15, 0.2) is 9.84 Å². The number of nitrogen functional groups attached to an aromatic ring is 1. The number of nitriles is 1. The van der Waals surface area contributed by atoms with E-state index in [4.69, 9.17) is 11.0 Å². The predicted molar refractivity (Wildman–Crippen MR) is 53.3 cm³/mol. The van der Waals surface area contributed by atoms with Crippen LogP contribution >= 0.6 is 0 Å². The number of benzene rings is 1. The second-order valence-corrected chi connectivity index (χ2v) is 4.93. The number of hydrogen-bond donors (Lipinski definition) is 1. The molecule has 2 N–H and O–H groups in total. The Bertz CT molecular complexity index is 486. The summed E-state index contributed by atoms with van der Waals surface area (Å²) in [6, 6.07) is 6.03. The second kappa shape index (κ2) is 3.68. The molecule has 0 amide bonds. The summed E-state index contributed by atoms with van der Waals surface area (Å²) in [6.07, 6.45) is 0. The topological polar surface area (TPSA) is 84.0 Å². The molecule has 0 atom stereocenters. The fourth-order valence-corrected chi connectivity index (χ4v) is 1.98. The third kappa shape index (κ3) is 2.03. The quantitative estimate of drug-likeness (QED) is 0.734. The van der Waals surface area contributed by atoms with Crippen molar-refractivity contribution in [3.05, 3.63) is 23.8 Å². The lowest BCUT2D eigenvalue weighted by Crippen LogP contribution is -2.05. The summed E-state index contributed by atoms with van der Waals surface area (Å²) in [4.78, 5) is 0.144. The first kappa shape index (κ1) is 10.5. The summed E-state index contributed by atoms with van der Waals surface area (Å²) in [5.41, 5.74) is 6.79. The van der Waals surface area contributed by atoms with E-state index in [1.807, 2.05) is 0 Å². The van der Waals surface area contributed by atoms with Crippen molar-refractivity contribution in [1.29, 1.82) is 5.26 Å². The number of anilines is 1. The van der Waals surface area contributed by atoms with Crippen LogP contribution in [0.4, 0.5) is 5.69 Å². The van der Waals surface area contributed by atoms with Crippen molar-refractivity contribution in [2.24, 2.45) is 0 Å². The van der Waals surface area contributed by atoms with Crippen molar-refractivity contribution >= 4 is 15.5 Å². The third-order valence-corrected chi connectivity index (χ3v) is 3.34. The molecule has 0 aliphatic heterocycles. The molecule has 0 aliphatic carbocycles. The van der Waals surface area contributed by atoms with Crippen LogP contribution in [-0.4, -0.2) is 14.2 Å². The van der Waals surface area contributed by atoms with Crippen LogP contribution in [0.15, 0.2) is 23.1 Å². The smallest absolute Gasteiger partial charge is 0.191 e. The first-order chi connectivity index (χ1) is 6.47. The molecule has 0 heterocycles. The maximum Gasteiger partial charge on any atom is 0.191 e. The number of rotatable bonds is 2. The van der Waals surface area contributed by atoms with Crippen LogP contribution in [0.5, 0.6) is 0 Å². The minimum atomic E-state index is -3.47. The maximum atomic E-state index is 11.4. The molecule has 0 bridgehead atoms. The molecule has 0 fully saturated rings. The highest BCUT2D eigenvalue weighted by molar-refractivity contribution is 7.91. The van der Waals surface area contributed by atoms with Gasteiger partial charge in [-0.1, -0.05) is 0 Å². The van der Waals surface area contributed by atoms with E-state index in [2.05, 4.69) is 0 Å². The number of nitrogens with zero attached hydrogens (tertiary/aromatic N) is 1. The van der Waals surface area contributed by atoms with Gasteiger partial charge in [-0.3, -0.25) is 0 Å². The van der Waals surface area contributed by atoms with Gasteiger partial charge < -0.3 is 5.73 Å². The van der Waals surface area contributed by atoms with Gasteiger partial charge in [-0.25, -0.2) is 8.42 Å². The molecule has 1 rings (SSSR count). The van der Waals surface area contributed by atoms with E-state index in [9.17, 15) is 8.42 Å². The van der Waals surface area contributed by atoms with E-state index < -0.39 is 15.6 Å². The summed E-state index contributed by atoms with van der Waals surface area (Å²) in [6.45, 7) is 1.72. The molecule has 0 radical (unpaired) electrons. The lowest BCUT2D eigenvalue weighted by molar-refractivity contribution is 0.599. The van der Waals surface area contributed by atoms with Crippen LogP contribution < -0.4 is 5.73 Å². The minimum Gasteiger partial charge on any atom is -0.399 e. The van der Waals surface area contributed by atoms with Crippen LogP contribution in [0.25, 0.3) is 0 Å². The van der Waals surface area contributed by atoms with E-state index in [-0.39, 0.29) is 4.90 Å². The van der Waals surface area contributed by atoms with Crippen molar-refractivity contribution in [3.63, 3.8) is 0 Å². The summed E-state index contributed by atoms with van der Waals surface area (Å²) in [5.74, 6) is -0.504. The van der Waals surface area contributed by atoms with Crippen LogP contribution in [-0.2, 0) is 9.84 Å². The van der Waals surface area contributed by atoms with Gasteiger partial charge in [0.1, 0.15) is 5.75 Å². The van der Waals surface area contributed by atoms with Crippen molar-refractivity contribution in [2.75, 3.05) is 11.5 Å².